The molecule has 196 valence electrons. The Bertz CT molecular complexity index is 1830. The molecule has 13 heteroatoms. The summed E-state index contributed by atoms with van der Waals surface area (Å²) in [5.41, 5.74) is -0.832. The largest absolute Gasteiger partial charge is 0.329 e. The maximum absolute atomic E-state index is 14.0. The highest BCUT2D eigenvalue weighted by atomic mass is 32.2. The topological polar surface area (TPSA) is 136 Å². The molecule has 10 nitrogen and oxygen atoms in total. The number of benzene rings is 2. The summed E-state index contributed by atoms with van der Waals surface area (Å²) in [5.74, 6) is -1.57. The van der Waals surface area contributed by atoms with Crippen molar-refractivity contribution in [2.75, 3.05) is 5.32 Å². The molecule has 0 aliphatic rings. The van der Waals surface area contributed by atoms with Gasteiger partial charge < -0.3 is 9.88 Å². The van der Waals surface area contributed by atoms with Crippen molar-refractivity contribution in [1.29, 1.82) is 5.26 Å². The molecule has 0 unspecified atom stereocenters. The zero-order valence-electron chi connectivity index (χ0n) is 20.3. The third-order valence-electron chi connectivity index (χ3n) is 5.35. The number of aromatic nitrogens is 3. The fourth-order valence-corrected chi connectivity index (χ4v) is 5.49. The molecule has 4 aromatic rings. The summed E-state index contributed by atoms with van der Waals surface area (Å²) in [7, 11) is 1.77. The van der Waals surface area contributed by atoms with Gasteiger partial charge >= 0.3 is 0 Å². The van der Waals surface area contributed by atoms with Gasteiger partial charge in [-0.2, -0.15) is 5.26 Å². The second kappa shape index (κ2) is 11.7. The Morgan fingerprint density at radius 1 is 1.36 bits per heavy atom. The van der Waals surface area contributed by atoms with E-state index in [1.54, 1.807) is 42.2 Å². The van der Waals surface area contributed by atoms with E-state index in [9.17, 15) is 29.4 Å². The van der Waals surface area contributed by atoms with Gasteiger partial charge in [0, 0.05) is 32.1 Å². The number of hydrogen-bond donors (Lipinski definition) is 1. The average Bonchev–Trinajstić information content (AvgIpc) is 3.44. The van der Waals surface area contributed by atoms with E-state index < -0.39 is 27.8 Å². The van der Waals surface area contributed by atoms with Crippen molar-refractivity contribution in [2.24, 2.45) is 7.05 Å². The summed E-state index contributed by atoms with van der Waals surface area (Å²) in [6.07, 6.45) is 6.19. The van der Waals surface area contributed by atoms with Crippen molar-refractivity contribution in [2.45, 2.75) is 16.6 Å². The molecule has 0 radical (unpaired) electrons. The van der Waals surface area contributed by atoms with Crippen LogP contribution in [0.5, 0.6) is 0 Å². The average molecular weight is 563 g/mol. The van der Waals surface area contributed by atoms with E-state index in [2.05, 4.69) is 16.9 Å². The summed E-state index contributed by atoms with van der Waals surface area (Å²) < 4.78 is 17.1. The second-order valence-corrected chi connectivity index (χ2v) is 9.99. The third kappa shape index (κ3) is 5.87. The zero-order valence-corrected chi connectivity index (χ0v) is 22.0. The molecule has 0 saturated heterocycles. The first-order valence-electron chi connectivity index (χ1n) is 11.2. The molecule has 1 amide bonds. The van der Waals surface area contributed by atoms with Gasteiger partial charge in [0.15, 0.2) is 10.7 Å². The number of nitrogens with zero attached hydrogens (tertiary/aromatic N) is 5. The van der Waals surface area contributed by atoms with Gasteiger partial charge in [0.05, 0.1) is 20.0 Å². The van der Waals surface area contributed by atoms with Crippen LogP contribution in [0.3, 0.4) is 0 Å². The van der Waals surface area contributed by atoms with Crippen molar-refractivity contribution < 1.29 is 14.1 Å². The number of anilines is 1. The van der Waals surface area contributed by atoms with E-state index in [0.717, 1.165) is 29.2 Å². The number of carbonyl (C=O) groups excluding carboxylic acids is 1. The SMILES string of the molecule is C=CCn1c(=O)/c(=C\c2ccc(Sc3nccn3C)c([N+](=O)[O-])c2)s/c1=C(\C#N)C(=O)Nc1ccccc1F. The number of nitro groups is 1. The van der Waals surface area contributed by atoms with Crippen LogP contribution in [0.4, 0.5) is 15.8 Å². The quantitative estimate of drug-likeness (QED) is 0.198. The van der Waals surface area contributed by atoms with E-state index in [0.29, 0.717) is 15.6 Å². The number of nitro benzene ring substituents is 1. The van der Waals surface area contributed by atoms with Crippen molar-refractivity contribution in [1.82, 2.24) is 14.1 Å². The van der Waals surface area contributed by atoms with Gasteiger partial charge in [-0.05, 0) is 41.6 Å². The lowest BCUT2D eigenvalue weighted by Gasteiger charge is -2.05. The highest BCUT2D eigenvalue weighted by Gasteiger charge is 2.19. The van der Waals surface area contributed by atoms with Crippen molar-refractivity contribution in [3.05, 3.63) is 109 Å². The number of rotatable bonds is 8. The summed E-state index contributed by atoms with van der Waals surface area (Å²) in [6, 6.07) is 11.8. The number of hydrogen-bond acceptors (Lipinski definition) is 8. The lowest BCUT2D eigenvalue weighted by atomic mass is 10.2. The molecule has 0 aliphatic heterocycles. The number of para-hydroxylation sites is 1. The van der Waals surface area contributed by atoms with Gasteiger partial charge in [-0.1, -0.05) is 24.3 Å². The number of thiazole rings is 1. The number of amides is 1. The van der Waals surface area contributed by atoms with Crippen LogP contribution in [0.2, 0.25) is 0 Å². The van der Waals surface area contributed by atoms with E-state index in [-0.39, 0.29) is 27.1 Å². The molecular weight excluding hydrogens is 543 g/mol. The van der Waals surface area contributed by atoms with Gasteiger partial charge in [0.1, 0.15) is 16.5 Å². The monoisotopic (exact) mass is 562 g/mol. The first kappa shape index (κ1) is 27.2. The van der Waals surface area contributed by atoms with Crippen molar-refractivity contribution in [3.63, 3.8) is 0 Å². The molecule has 0 saturated carbocycles. The Morgan fingerprint density at radius 3 is 2.77 bits per heavy atom. The molecule has 2 aromatic heterocycles. The van der Waals surface area contributed by atoms with Crippen LogP contribution < -0.4 is 20.1 Å². The number of halogens is 1. The second-order valence-electron chi connectivity index (χ2n) is 7.95. The van der Waals surface area contributed by atoms with E-state index >= 15 is 0 Å². The highest BCUT2D eigenvalue weighted by Crippen LogP contribution is 2.34. The van der Waals surface area contributed by atoms with Gasteiger partial charge in [0.2, 0.25) is 0 Å². The van der Waals surface area contributed by atoms with Gasteiger partial charge in [-0.3, -0.25) is 24.3 Å². The molecule has 39 heavy (non-hydrogen) atoms. The Kier molecular flexibility index (Phi) is 8.18. The minimum absolute atomic E-state index is 0.00391. The minimum Gasteiger partial charge on any atom is -0.329 e. The number of nitrogens with one attached hydrogen (secondary N) is 1. The molecule has 2 heterocycles. The zero-order chi connectivity index (χ0) is 28.1. The van der Waals surface area contributed by atoms with Crippen molar-refractivity contribution in [3.8, 4) is 6.07 Å². The molecule has 0 fully saturated rings. The van der Waals surface area contributed by atoms with Crippen LogP contribution in [0.15, 0.2) is 82.4 Å². The normalized spacial score (nSPS) is 12.1. The number of aryl methyl sites for hydroxylation is 1. The lowest BCUT2D eigenvalue weighted by Crippen LogP contribution is -2.33. The van der Waals surface area contributed by atoms with Gasteiger partial charge in [0.25, 0.3) is 17.2 Å². The predicted molar refractivity (Wildman–Crippen MR) is 146 cm³/mol. The van der Waals surface area contributed by atoms with Gasteiger partial charge in [-0.25, -0.2) is 9.37 Å². The molecule has 0 aliphatic carbocycles. The number of imidazole rings is 1. The summed E-state index contributed by atoms with van der Waals surface area (Å²) in [6.45, 7) is 3.62. The molecule has 0 spiro atoms. The number of allylic oxidation sites excluding steroid dienone is 1. The lowest BCUT2D eigenvalue weighted by molar-refractivity contribution is -0.387. The smallest absolute Gasteiger partial charge is 0.283 e. The summed E-state index contributed by atoms with van der Waals surface area (Å²) in [5, 5.41) is 24.5. The number of nitriles is 1. The molecule has 0 atom stereocenters. The van der Waals surface area contributed by atoms with E-state index in [1.165, 1.54) is 41.0 Å². The Labute approximate surface area is 228 Å². The molecule has 4 rings (SSSR count). The molecule has 1 N–H and O–H groups in total. The first-order valence-corrected chi connectivity index (χ1v) is 12.8. The van der Waals surface area contributed by atoms with E-state index in [4.69, 9.17) is 0 Å². The van der Waals surface area contributed by atoms with Crippen LogP contribution in [-0.2, 0) is 18.4 Å². The molecule has 2 aromatic carbocycles. The standard InChI is InChI=1S/C26H19FN6O4S2/c1-3-11-32-24(35)22(38-25(32)17(15-28)23(34)30-19-7-5-4-6-18(19)27)14-16-8-9-21(20(13-16)33(36)37)39-26-29-10-12-31(26)2/h3-10,12-14H,1,11H2,2H3,(H,30,34)/b22-14+,25-17+. The summed E-state index contributed by atoms with van der Waals surface area (Å²) in [4.78, 5) is 41.9. The van der Waals surface area contributed by atoms with Crippen LogP contribution in [-0.4, -0.2) is 24.9 Å². The molecular formula is C26H19FN6O4S2. The van der Waals surface area contributed by atoms with Crippen LogP contribution in [0.25, 0.3) is 11.6 Å². The number of carbonyl (C=O) groups is 1. The van der Waals surface area contributed by atoms with Gasteiger partial charge in [-0.15, -0.1) is 17.9 Å². The minimum atomic E-state index is -0.889. The molecule has 0 bridgehead atoms. The fraction of sp³-hybridized carbons (Fsp3) is 0.0769. The van der Waals surface area contributed by atoms with Crippen LogP contribution >= 0.6 is 23.1 Å². The Morgan fingerprint density at radius 2 is 2.13 bits per heavy atom. The first-order chi connectivity index (χ1) is 18.7. The van der Waals surface area contributed by atoms with Crippen LogP contribution in [0.1, 0.15) is 5.56 Å². The predicted octanol–water partition coefficient (Wildman–Crippen LogP) is 3.17. The highest BCUT2D eigenvalue weighted by molar-refractivity contribution is 7.99. The Hall–Kier alpha value is -4.80. The van der Waals surface area contributed by atoms with Crippen LogP contribution in [0, 0.1) is 27.3 Å². The summed E-state index contributed by atoms with van der Waals surface area (Å²) >= 11 is 2.00. The third-order valence-corrected chi connectivity index (χ3v) is 7.62. The van der Waals surface area contributed by atoms with E-state index in [1.807, 2.05) is 0 Å². The fourth-order valence-electron chi connectivity index (χ4n) is 3.50. The Balaban J connectivity index is 1.82. The maximum atomic E-state index is 14.0. The van der Waals surface area contributed by atoms with Crippen molar-refractivity contribution >= 4 is 52.0 Å². The maximum Gasteiger partial charge on any atom is 0.283 e.